The van der Waals surface area contributed by atoms with Crippen LogP contribution in [0.15, 0.2) is 0 Å². The molecule has 0 fully saturated rings. The molecule has 0 aromatic carbocycles. The molecule has 21 heavy (non-hydrogen) atoms. The summed E-state index contributed by atoms with van der Waals surface area (Å²) >= 11 is 0. The average molecular weight is 415 g/mol. The number of unbranched alkanes of at least 4 members (excludes halogenated alkanes) is 2. The first-order valence-corrected chi connectivity index (χ1v) is 8.53. The van der Waals surface area contributed by atoms with Crippen LogP contribution in [0.3, 0.4) is 0 Å². The molecular formula is C15H33O4PPd. The van der Waals surface area contributed by atoms with Crippen molar-refractivity contribution in [2.75, 3.05) is 26.4 Å². The zero-order chi connectivity index (χ0) is 15.2. The van der Waals surface area contributed by atoms with Gasteiger partial charge in [-0.3, -0.25) is 0 Å². The molecule has 132 valence electrons. The van der Waals surface area contributed by atoms with Crippen LogP contribution in [0.5, 0.6) is 0 Å². The van der Waals surface area contributed by atoms with Crippen LogP contribution in [0.2, 0.25) is 0 Å². The smallest absolute Gasteiger partial charge is 0.0481 e. The van der Waals surface area contributed by atoms with Crippen molar-refractivity contribution in [1.29, 1.82) is 0 Å². The first kappa shape index (κ1) is 24.2. The SMILES string of the molecule is OCC(CO)CCCCCC(P)CCCC(CO)CO.[Pd]. The minimum atomic E-state index is 0. The Morgan fingerprint density at radius 3 is 1.43 bits per heavy atom. The monoisotopic (exact) mass is 414 g/mol. The van der Waals surface area contributed by atoms with Crippen LogP contribution in [0.1, 0.15) is 51.4 Å². The van der Waals surface area contributed by atoms with Crippen molar-refractivity contribution in [3.05, 3.63) is 0 Å². The summed E-state index contributed by atoms with van der Waals surface area (Å²) in [6.45, 7) is 0.323. The van der Waals surface area contributed by atoms with E-state index in [4.69, 9.17) is 20.4 Å². The molecule has 0 aliphatic rings. The molecule has 2 unspecified atom stereocenters. The largest absolute Gasteiger partial charge is 0.396 e. The van der Waals surface area contributed by atoms with Crippen LogP contribution in [-0.4, -0.2) is 52.5 Å². The zero-order valence-electron chi connectivity index (χ0n) is 12.9. The molecule has 0 saturated carbocycles. The number of hydrogen-bond donors (Lipinski definition) is 4. The predicted molar refractivity (Wildman–Crippen MR) is 85.8 cm³/mol. The number of aliphatic hydroxyl groups is 4. The summed E-state index contributed by atoms with van der Waals surface area (Å²) in [5, 5.41) is 35.9. The molecule has 0 saturated heterocycles. The first-order valence-electron chi connectivity index (χ1n) is 7.86. The molecule has 4 nitrogen and oxygen atoms in total. The second-order valence-corrected chi connectivity index (χ2v) is 6.73. The molecule has 2 atom stereocenters. The Hall–Kier alpha value is 0.932. The Labute approximate surface area is 145 Å². The van der Waals surface area contributed by atoms with Crippen molar-refractivity contribution < 1.29 is 40.8 Å². The summed E-state index contributed by atoms with van der Waals surface area (Å²) < 4.78 is 0. The van der Waals surface area contributed by atoms with E-state index in [2.05, 4.69) is 9.24 Å². The van der Waals surface area contributed by atoms with E-state index in [9.17, 15) is 0 Å². The summed E-state index contributed by atoms with van der Waals surface area (Å²) in [5.74, 6) is 0.0943. The predicted octanol–water partition coefficient (Wildman–Crippen LogP) is 1.55. The van der Waals surface area contributed by atoms with Crippen molar-refractivity contribution in [3.63, 3.8) is 0 Å². The van der Waals surface area contributed by atoms with Gasteiger partial charge >= 0.3 is 0 Å². The van der Waals surface area contributed by atoms with Gasteiger partial charge in [0.05, 0.1) is 0 Å². The third-order valence-electron chi connectivity index (χ3n) is 3.91. The molecule has 0 spiro atoms. The van der Waals surface area contributed by atoms with E-state index in [1.54, 1.807) is 0 Å². The fourth-order valence-corrected chi connectivity index (χ4v) is 2.78. The maximum absolute atomic E-state index is 8.98. The fraction of sp³-hybridized carbons (Fsp3) is 1.00. The molecule has 0 aliphatic carbocycles. The van der Waals surface area contributed by atoms with Crippen LogP contribution < -0.4 is 0 Å². The molecule has 0 aromatic rings. The minimum absolute atomic E-state index is 0. The van der Waals surface area contributed by atoms with Crippen LogP contribution in [0, 0.1) is 11.8 Å². The second-order valence-electron chi connectivity index (χ2n) is 5.79. The average Bonchev–Trinajstić information content (AvgIpc) is 2.47. The quantitative estimate of drug-likeness (QED) is 0.197. The third kappa shape index (κ3) is 14.3. The van der Waals surface area contributed by atoms with Crippen molar-refractivity contribution in [2.45, 2.75) is 57.0 Å². The summed E-state index contributed by atoms with van der Waals surface area (Å²) in [6.07, 6.45) is 8.55. The molecule has 0 radical (unpaired) electrons. The zero-order valence-corrected chi connectivity index (χ0v) is 15.6. The van der Waals surface area contributed by atoms with Gasteiger partial charge in [-0.1, -0.05) is 25.7 Å². The van der Waals surface area contributed by atoms with Gasteiger partial charge in [-0.15, -0.1) is 9.24 Å². The van der Waals surface area contributed by atoms with Crippen LogP contribution in [0.4, 0.5) is 0 Å². The summed E-state index contributed by atoms with van der Waals surface area (Å²) in [5.41, 5.74) is 0.611. The molecular weight excluding hydrogens is 382 g/mol. The third-order valence-corrected chi connectivity index (χ3v) is 4.57. The molecule has 0 bridgehead atoms. The molecule has 6 heteroatoms. The van der Waals surface area contributed by atoms with Gasteiger partial charge in [-0.25, -0.2) is 0 Å². The number of rotatable bonds is 14. The van der Waals surface area contributed by atoms with Crippen LogP contribution in [-0.2, 0) is 20.4 Å². The maximum Gasteiger partial charge on any atom is 0.0481 e. The molecule has 0 aliphatic heterocycles. The molecule has 0 aromatic heterocycles. The normalized spacial score (nSPS) is 12.7. The van der Waals surface area contributed by atoms with Crippen molar-refractivity contribution in [1.82, 2.24) is 0 Å². The van der Waals surface area contributed by atoms with Gasteiger partial charge in [-0.2, -0.15) is 0 Å². The second kappa shape index (κ2) is 17.3. The number of aliphatic hydroxyl groups excluding tert-OH is 4. The van der Waals surface area contributed by atoms with Crippen molar-refractivity contribution in [3.8, 4) is 0 Å². The van der Waals surface area contributed by atoms with Gasteiger partial charge in [0, 0.05) is 58.7 Å². The summed E-state index contributed by atoms with van der Waals surface area (Å²) in [7, 11) is 2.89. The van der Waals surface area contributed by atoms with E-state index in [0.717, 1.165) is 38.5 Å². The Morgan fingerprint density at radius 1 is 0.571 bits per heavy atom. The Bertz CT molecular complexity index is 202. The van der Waals surface area contributed by atoms with E-state index in [1.165, 1.54) is 12.8 Å². The van der Waals surface area contributed by atoms with Gasteiger partial charge in [0.2, 0.25) is 0 Å². The van der Waals surface area contributed by atoms with Gasteiger partial charge < -0.3 is 20.4 Å². The van der Waals surface area contributed by atoms with Gasteiger partial charge in [0.25, 0.3) is 0 Å². The summed E-state index contributed by atoms with van der Waals surface area (Å²) in [4.78, 5) is 0. The molecule has 4 N–H and O–H groups in total. The van der Waals surface area contributed by atoms with E-state index in [0.29, 0.717) is 5.66 Å². The van der Waals surface area contributed by atoms with Gasteiger partial charge in [-0.05, 0) is 31.3 Å². The number of hydrogen-bond acceptors (Lipinski definition) is 4. The molecule has 0 amide bonds. The maximum atomic E-state index is 8.98. The van der Waals surface area contributed by atoms with E-state index in [1.807, 2.05) is 0 Å². The van der Waals surface area contributed by atoms with Gasteiger partial charge in [0.15, 0.2) is 0 Å². The molecule has 0 heterocycles. The summed E-state index contributed by atoms with van der Waals surface area (Å²) in [6, 6.07) is 0. The van der Waals surface area contributed by atoms with Crippen molar-refractivity contribution in [2.24, 2.45) is 11.8 Å². The van der Waals surface area contributed by atoms with Gasteiger partial charge in [0.1, 0.15) is 0 Å². The topological polar surface area (TPSA) is 80.9 Å². The fourth-order valence-electron chi connectivity index (χ4n) is 2.31. The van der Waals surface area contributed by atoms with Crippen LogP contribution >= 0.6 is 9.24 Å². The molecule has 0 rings (SSSR count). The van der Waals surface area contributed by atoms with Crippen molar-refractivity contribution >= 4 is 9.24 Å². The van der Waals surface area contributed by atoms with E-state index >= 15 is 0 Å². The standard InChI is InChI=1S/C15H33O4P.Pd/c16-9-13(10-17)5-2-1-3-7-15(20)8-4-6-14(11-18)12-19;/h13-19H,1-12,20H2;. The van der Waals surface area contributed by atoms with Crippen LogP contribution in [0.25, 0.3) is 0 Å². The Morgan fingerprint density at radius 2 is 0.952 bits per heavy atom. The Kier molecular flexibility index (Phi) is 19.9. The Balaban J connectivity index is 0. The van der Waals surface area contributed by atoms with E-state index < -0.39 is 0 Å². The minimum Gasteiger partial charge on any atom is -0.396 e. The first-order chi connectivity index (χ1) is 9.67. The van der Waals surface area contributed by atoms with E-state index in [-0.39, 0.29) is 58.7 Å².